The molecule has 0 spiro atoms. The van der Waals surface area contributed by atoms with Crippen LogP contribution in [-0.4, -0.2) is 34.7 Å². The first-order valence-corrected chi connectivity index (χ1v) is 10.6. The zero-order chi connectivity index (χ0) is 21.2. The molecule has 3 amide bonds. The highest BCUT2D eigenvalue weighted by Crippen LogP contribution is 2.33. The van der Waals surface area contributed by atoms with Gasteiger partial charge in [-0.05, 0) is 67.9 Å². The highest BCUT2D eigenvalue weighted by Gasteiger charge is 2.25. The fraction of sp³-hybridized carbons (Fsp3) is 0.286. The van der Waals surface area contributed by atoms with Gasteiger partial charge in [0.05, 0.1) is 4.91 Å². The molecule has 1 aliphatic rings. The maximum Gasteiger partial charge on any atom is 0.410 e. The van der Waals surface area contributed by atoms with Crippen LogP contribution in [0.4, 0.5) is 9.59 Å². The summed E-state index contributed by atoms with van der Waals surface area (Å²) in [6.45, 7) is 6.03. The molecule has 1 aliphatic heterocycles. The number of imide groups is 1. The van der Waals surface area contributed by atoms with E-state index >= 15 is 0 Å². The van der Waals surface area contributed by atoms with Crippen molar-refractivity contribution in [2.75, 3.05) is 7.05 Å². The van der Waals surface area contributed by atoms with Gasteiger partial charge in [-0.25, -0.2) is 4.79 Å². The highest BCUT2D eigenvalue weighted by molar-refractivity contribution is 8.18. The minimum atomic E-state index is -0.366. The third-order valence-corrected chi connectivity index (χ3v) is 6.29. The Hall–Kier alpha value is -2.58. The van der Waals surface area contributed by atoms with Crippen molar-refractivity contribution in [3.8, 4) is 10.4 Å². The van der Waals surface area contributed by atoms with E-state index in [9.17, 15) is 14.4 Å². The predicted molar refractivity (Wildman–Crippen MR) is 117 cm³/mol. The number of rotatable bonds is 4. The first-order valence-electron chi connectivity index (χ1n) is 8.98. The van der Waals surface area contributed by atoms with Gasteiger partial charge >= 0.3 is 6.09 Å². The van der Waals surface area contributed by atoms with Gasteiger partial charge < -0.3 is 9.64 Å². The van der Waals surface area contributed by atoms with Crippen molar-refractivity contribution in [1.29, 1.82) is 0 Å². The molecule has 1 aromatic heterocycles. The van der Waals surface area contributed by atoms with Crippen LogP contribution in [0.1, 0.15) is 31.2 Å². The Labute approximate surface area is 177 Å². The number of nitrogens with zero attached hydrogens (tertiary/aromatic N) is 1. The molecule has 0 saturated carbocycles. The van der Waals surface area contributed by atoms with Crippen molar-refractivity contribution in [2.24, 2.45) is 0 Å². The summed E-state index contributed by atoms with van der Waals surface area (Å²) in [5.41, 5.74) is 1.58. The first kappa shape index (κ1) is 21.1. The van der Waals surface area contributed by atoms with E-state index in [-0.39, 0.29) is 29.4 Å². The van der Waals surface area contributed by atoms with Gasteiger partial charge in [0.25, 0.3) is 11.1 Å². The number of thiophene rings is 1. The number of hydrogen-bond donors (Lipinski definition) is 1. The molecule has 0 atom stereocenters. The summed E-state index contributed by atoms with van der Waals surface area (Å²) in [6.07, 6.45) is 1.35. The average molecular weight is 431 g/mol. The van der Waals surface area contributed by atoms with Crippen LogP contribution < -0.4 is 5.32 Å². The monoisotopic (exact) mass is 430 g/mol. The quantitative estimate of drug-likeness (QED) is 0.683. The molecule has 1 saturated heterocycles. The number of carbonyl (C=O) groups excluding carboxylic acids is 3. The topological polar surface area (TPSA) is 75.7 Å². The van der Waals surface area contributed by atoms with E-state index < -0.39 is 0 Å². The Morgan fingerprint density at radius 1 is 1.21 bits per heavy atom. The van der Waals surface area contributed by atoms with Gasteiger partial charge in [0.2, 0.25) is 0 Å². The van der Waals surface area contributed by atoms with Crippen molar-refractivity contribution in [1.82, 2.24) is 10.2 Å². The van der Waals surface area contributed by atoms with Crippen molar-refractivity contribution in [2.45, 2.75) is 32.9 Å². The Balaban J connectivity index is 1.70. The van der Waals surface area contributed by atoms with Gasteiger partial charge in [0, 0.05) is 22.3 Å². The van der Waals surface area contributed by atoms with Crippen LogP contribution in [0.15, 0.2) is 41.3 Å². The third-order valence-electron chi connectivity index (χ3n) is 4.40. The molecule has 0 unspecified atom stereocenters. The van der Waals surface area contributed by atoms with Gasteiger partial charge in [-0.15, -0.1) is 11.3 Å². The molecule has 0 radical (unpaired) electrons. The zero-order valence-corrected chi connectivity index (χ0v) is 18.3. The van der Waals surface area contributed by atoms with Crippen LogP contribution in [0.5, 0.6) is 0 Å². The van der Waals surface area contributed by atoms with Gasteiger partial charge in [0.15, 0.2) is 0 Å². The standard InChI is InChI=1S/C21H22N2O4S2/c1-21(2,3)23(4)20(26)27-12-13-6-5-7-14(10-13)16-9-8-15(28-16)11-17-18(24)22-19(25)29-17/h5-11H,12H2,1-4H3,(H,22,24,25). The summed E-state index contributed by atoms with van der Waals surface area (Å²) in [7, 11) is 1.72. The van der Waals surface area contributed by atoms with E-state index in [1.54, 1.807) is 18.0 Å². The van der Waals surface area contributed by atoms with Crippen LogP contribution in [0.3, 0.4) is 0 Å². The lowest BCUT2D eigenvalue weighted by Crippen LogP contribution is -2.42. The van der Waals surface area contributed by atoms with E-state index in [1.807, 2.05) is 57.2 Å². The Bertz CT molecular complexity index is 989. The number of carbonyl (C=O) groups is 3. The average Bonchev–Trinajstić information content (AvgIpc) is 3.25. The smallest absolute Gasteiger partial charge is 0.410 e. The number of ether oxygens (including phenoxy) is 1. The SMILES string of the molecule is CN(C(=O)OCc1cccc(-c2ccc(C=C3SC(=O)NC3=O)s2)c1)C(C)(C)C. The second kappa shape index (κ2) is 8.42. The van der Waals surface area contributed by atoms with Crippen molar-refractivity contribution in [3.63, 3.8) is 0 Å². The van der Waals surface area contributed by atoms with E-state index in [4.69, 9.17) is 4.74 Å². The molecule has 3 rings (SSSR count). The van der Waals surface area contributed by atoms with E-state index in [2.05, 4.69) is 5.32 Å². The number of hydrogen-bond acceptors (Lipinski definition) is 6. The first-order chi connectivity index (χ1) is 13.6. The summed E-state index contributed by atoms with van der Waals surface area (Å²) < 4.78 is 5.42. The van der Waals surface area contributed by atoms with Crippen LogP contribution in [0.2, 0.25) is 0 Å². The summed E-state index contributed by atoms with van der Waals surface area (Å²) in [6, 6.07) is 11.7. The van der Waals surface area contributed by atoms with Crippen LogP contribution in [0.25, 0.3) is 16.5 Å². The fourth-order valence-electron chi connectivity index (χ4n) is 2.47. The second-order valence-corrected chi connectivity index (χ2v) is 9.67. The lowest BCUT2D eigenvalue weighted by Gasteiger charge is -2.30. The van der Waals surface area contributed by atoms with E-state index in [0.29, 0.717) is 4.91 Å². The summed E-state index contributed by atoms with van der Waals surface area (Å²) >= 11 is 2.43. The van der Waals surface area contributed by atoms with Crippen molar-refractivity contribution < 1.29 is 19.1 Å². The normalized spacial score (nSPS) is 15.5. The number of thioether (sulfide) groups is 1. The lowest BCUT2D eigenvalue weighted by molar-refractivity contribution is -0.115. The van der Waals surface area contributed by atoms with Gasteiger partial charge in [-0.3, -0.25) is 14.9 Å². The predicted octanol–water partition coefficient (Wildman–Crippen LogP) is 5.11. The lowest BCUT2D eigenvalue weighted by atomic mass is 10.1. The molecular formula is C21H22N2O4S2. The Kier molecular flexibility index (Phi) is 6.14. The van der Waals surface area contributed by atoms with Gasteiger partial charge in [-0.2, -0.15) is 0 Å². The third kappa shape index (κ3) is 5.27. The molecule has 152 valence electrons. The fourth-order valence-corrected chi connectivity index (χ4v) is 4.16. The van der Waals surface area contributed by atoms with E-state index in [0.717, 1.165) is 32.6 Å². The molecule has 1 N–H and O–H groups in total. The maximum absolute atomic E-state index is 12.2. The van der Waals surface area contributed by atoms with Gasteiger partial charge in [-0.1, -0.05) is 18.2 Å². The van der Waals surface area contributed by atoms with Gasteiger partial charge in [0.1, 0.15) is 6.61 Å². The molecule has 2 aromatic rings. The largest absolute Gasteiger partial charge is 0.445 e. The molecule has 8 heteroatoms. The number of benzene rings is 1. The summed E-state index contributed by atoms with van der Waals surface area (Å²) in [5, 5.41) is 1.90. The van der Waals surface area contributed by atoms with Crippen LogP contribution in [-0.2, 0) is 16.1 Å². The number of nitrogens with one attached hydrogen (secondary N) is 1. The summed E-state index contributed by atoms with van der Waals surface area (Å²) in [4.78, 5) is 39.0. The van der Waals surface area contributed by atoms with Crippen LogP contribution >= 0.6 is 23.1 Å². The molecule has 29 heavy (non-hydrogen) atoms. The molecule has 1 aromatic carbocycles. The molecule has 1 fully saturated rings. The maximum atomic E-state index is 12.2. The van der Waals surface area contributed by atoms with Crippen LogP contribution in [0, 0.1) is 0 Å². The Morgan fingerprint density at radius 2 is 1.97 bits per heavy atom. The van der Waals surface area contributed by atoms with E-state index in [1.165, 1.54) is 11.3 Å². The molecule has 2 heterocycles. The van der Waals surface area contributed by atoms with Crippen molar-refractivity contribution in [3.05, 3.63) is 51.7 Å². The molecular weight excluding hydrogens is 408 g/mol. The highest BCUT2D eigenvalue weighted by atomic mass is 32.2. The molecule has 6 nitrogen and oxygen atoms in total. The zero-order valence-electron chi connectivity index (χ0n) is 16.6. The second-order valence-electron chi connectivity index (χ2n) is 7.54. The Morgan fingerprint density at radius 3 is 2.62 bits per heavy atom. The molecule has 0 bridgehead atoms. The minimum Gasteiger partial charge on any atom is -0.445 e. The number of amides is 3. The molecule has 0 aliphatic carbocycles. The minimum absolute atomic E-state index is 0.189. The van der Waals surface area contributed by atoms with Crippen molar-refractivity contribution >= 4 is 46.4 Å². The summed E-state index contributed by atoms with van der Waals surface area (Å²) in [5.74, 6) is -0.362.